The molecule has 0 saturated heterocycles. The average Bonchev–Trinajstić information content (AvgIpc) is 2.93. The van der Waals surface area contributed by atoms with Crippen molar-refractivity contribution in [3.8, 4) is 0 Å². The summed E-state index contributed by atoms with van der Waals surface area (Å²) in [6, 6.07) is 10.5. The monoisotopic (exact) mass is 290 g/mol. The summed E-state index contributed by atoms with van der Waals surface area (Å²) in [5.41, 5.74) is 1.47. The summed E-state index contributed by atoms with van der Waals surface area (Å²) in [5.74, 6) is 0.568. The third-order valence-electron chi connectivity index (χ3n) is 2.85. The Morgan fingerprint density at radius 2 is 2.00 bits per heavy atom. The Labute approximate surface area is 119 Å². The van der Waals surface area contributed by atoms with Gasteiger partial charge in [0.25, 0.3) is 0 Å². The van der Waals surface area contributed by atoms with E-state index in [1.54, 1.807) is 24.3 Å². The molecule has 20 heavy (non-hydrogen) atoms. The van der Waals surface area contributed by atoms with Gasteiger partial charge in [0.2, 0.25) is 0 Å². The number of fused-ring (bicyclic) bond motifs is 1. The molecule has 3 aromatic rings. The zero-order chi connectivity index (χ0) is 13.9. The maximum atomic E-state index is 9.51. The number of rotatable bonds is 4. The number of hydrogen-bond acceptors (Lipinski definition) is 6. The highest BCUT2D eigenvalue weighted by Gasteiger charge is 2.11. The van der Waals surface area contributed by atoms with E-state index < -0.39 is 0 Å². The fourth-order valence-electron chi connectivity index (χ4n) is 1.83. The number of nitrogens with zero attached hydrogens (tertiary/aromatic N) is 5. The van der Waals surface area contributed by atoms with Crippen LogP contribution in [0.2, 0.25) is 5.02 Å². The molecule has 0 aliphatic heterocycles. The van der Waals surface area contributed by atoms with Crippen molar-refractivity contribution in [1.29, 1.82) is 0 Å². The molecule has 0 bridgehead atoms. The summed E-state index contributed by atoms with van der Waals surface area (Å²) in [6.45, 7) is -0.0725. The van der Waals surface area contributed by atoms with Crippen molar-refractivity contribution in [3.63, 3.8) is 0 Å². The van der Waals surface area contributed by atoms with E-state index in [-0.39, 0.29) is 12.6 Å². The lowest BCUT2D eigenvalue weighted by molar-refractivity contribution is 0.276. The van der Waals surface area contributed by atoms with Crippen LogP contribution in [0.4, 0.5) is 5.82 Å². The van der Waals surface area contributed by atoms with Crippen LogP contribution in [0.25, 0.3) is 5.65 Å². The van der Waals surface area contributed by atoms with Crippen molar-refractivity contribution >= 4 is 23.1 Å². The predicted octanol–water partition coefficient (Wildman–Crippen LogP) is 1.32. The van der Waals surface area contributed by atoms with Crippen LogP contribution in [-0.4, -0.2) is 37.0 Å². The van der Waals surface area contributed by atoms with E-state index in [4.69, 9.17) is 11.6 Å². The first-order valence-electron chi connectivity index (χ1n) is 5.94. The molecular formula is C12H11ClN6O. The Morgan fingerprint density at radius 1 is 1.20 bits per heavy atom. The summed E-state index contributed by atoms with van der Waals surface area (Å²) >= 11 is 5.85. The second-order valence-corrected chi connectivity index (χ2v) is 4.61. The smallest absolute Gasteiger partial charge is 0.200 e. The van der Waals surface area contributed by atoms with E-state index in [9.17, 15) is 5.11 Å². The van der Waals surface area contributed by atoms with Crippen LogP contribution in [0.15, 0.2) is 36.4 Å². The van der Waals surface area contributed by atoms with Gasteiger partial charge in [0.05, 0.1) is 12.6 Å². The average molecular weight is 291 g/mol. The number of tetrazole rings is 1. The van der Waals surface area contributed by atoms with Gasteiger partial charge in [-0.1, -0.05) is 23.7 Å². The standard InChI is InChI=1S/C12H11ClN6O/c13-9-3-1-8(2-4-9)10(7-20)14-11-5-6-12-15-17-18-19(12)16-11/h1-6,10,20H,7H2,(H,14,16). The van der Waals surface area contributed by atoms with Gasteiger partial charge in [-0.3, -0.25) is 0 Å². The summed E-state index contributed by atoms with van der Waals surface area (Å²) < 4.78 is 1.32. The summed E-state index contributed by atoms with van der Waals surface area (Å²) in [6.07, 6.45) is 0. The first kappa shape index (κ1) is 12.8. The minimum absolute atomic E-state index is 0.0725. The van der Waals surface area contributed by atoms with Gasteiger partial charge in [-0.05, 0) is 40.3 Å². The van der Waals surface area contributed by atoms with Crippen LogP contribution in [-0.2, 0) is 0 Å². The van der Waals surface area contributed by atoms with Gasteiger partial charge in [-0.15, -0.1) is 14.8 Å². The van der Waals surface area contributed by atoms with E-state index in [2.05, 4.69) is 25.9 Å². The number of hydrogen-bond donors (Lipinski definition) is 2. The molecule has 1 unspecified atom stereocenters. The van der Waals surface area contributed by atoms with E-state index in [0.717, 1.165) is 5.56 Å². The molecule has 0 saturated carbocycles. The lowest BCUT2D eigenvalue weighted by Gasteiger charge is -2.17. The van der Waals surface area contributed by atoms with Gasteiger partial charge in [0, 0.05) is 5.02 Å². The Morgan fingerprint density at radius 3 is 2.75 bits per heavy atom. The van der Waals surface area contributed by atoms with Gasteiger partial charge in [0.15, 0.2) is 5.65 Å². The van der Waals surface area contributed by atoms with Crippen LogP contribution in [0, 0.1) is 0 Å². The molecule has 3 rings (SSSR count). The summed E-state index contributed by atoms with van der Waals surface area (Å²) in [5, 5.41) is 28.5. The van der Waals surface area contributed by atoms with E-state index in [0.29, 0.717) is 16.5 Å². The van der Waals surface area contributed by atoms with Crippen LogP contribution < -0.4 is 5.32 Å². The molecule has 1 aromatic carbocycles. The Hall–Kier alpha value is -2.25. The molecule has 0 fully saturated rings. The molecule has 0 aliphatic carbocycles. The molecule has 2 N–H and O–H groups in total. The Kier molecular flexibility index (Phi) is 3.44. The van der Waals surface area contributed by atoms with Crippen molar-refractivity contribution < 1.29 is 5.11 Å². The molecule has 102 valence electrons. The van der Waals surface area contributed by atoms with Crippen molar-refractivity contribution in [3.05, 3.63) is 47.0 Å². The number of benzene rings is 1. The quantitative estimate of drug-likeness (QED) is 0.753. The molecule has 0 aliphatic rings. The molecule has 0 amide bonds. The Bertz CT molecular complexity index is 713. The predicted molar refractivity (Wildman–Crippen MR) is 73.5 cm³/mol. The highest BCUT2D eigenvalue weighted by molar-refractivity contribution is 6.30. The number of halogens is 1. The topological polar surface area (TPSA) is 88.2 Å². The zero-order valence-corrected chi connectivity index (χ0v) is 11.1. The van der Waals surface area contributed by atoms with Crippen molar-refractivity contribution in [1.82, 2.24) is 25.3 Å². The summed E-state index contributed by atoms with van der Waals surface area (Å²) in [4.78, 5) is 0. The Balaban J connectivity index is 1.84. The van der Waals surface area contributed by atoms with Crippen LogP contribution in [0.1, 0.15) is 11.6 Å². The first-order chi connectivity index (χ1) is 9.76. The van der Waals surface area contributed by atoms with Gasteiger partial charge < -0.3 is 10.4 Å². The fourth-order valence-corrected chi connectivity index (χ4v) is 1.96. The lowest BCUT2D eigenvalue weighted by atomic mass is 10.1. The molecule has 7 nitrogen and oxygen atoms in total. The minimum atomic E-state index is -0.284. The zero-order valence-electron chi connectivity index (χ0n) is 10.3. The molecular weight excluding hydrogens is 280 g/mol. The van der Waals surface area contributed by atoms with Gasteiger partial charge in [-0.2, -0.15) is 0 Å². The summed E-state index contributed by atoms with van der Waals surface area (Å²) in [7, 11) is 0. The third kappa shape index (κ3) is 2.54. The van der Waals surface area contributed by atoms with Crippen LogP contribution in [0.3, 0.4) is 0 Å². The maximum absolute atomic E-state index is 9.51. The van der Waals surface area contributed by atoms with E-state index >= 15 is 0 Å². The molecule has 8 heteroatoms. The first-order valence-corrected chi connectivity index (χ1v) is 6.32. The van der Waals surface area contributed by atoms with Gasteiger partial charge >= 0.3 is 0 Å². The largest absolute Gasteiger partial charge is 0.394 e. The van der Waals surface area contributed by atoms with Crippen molar-refractivity contribution in [2.75, 3.05) is 11.9 Å². The van der Waals surface area contributed by atoms with Gasteiger partial charge in [0.1, 0.15) is 5.82 Å². The van der Waals surface area contributed by atoms with E-state index in [1.165, 1.54) is 4.63 Å². The second kappa shape index (κ2) is 5.40. The highest BCUT2D eigenvalue weighted by atomic mass is 35.5. The van der Waals surface area contributed by atoms with Gasteiger partial charge in [-0.25, -0.2) is 0 Å². The fraction of sp³-hybridized carbons (Fsp3) is 0.167. The SMILES string of the molecule is OCC(Nc1ccc2nnnn2n1)c1ccc(Cl)cc1. The van der Waals surface area contributed by atoms with E-state index in [1.807, 2.05) is 12.1 Å². The van der Waals surface area contributed by atoms with Crippen LogP contribution >= 0.6 is 11.6 Å². The minimum Gasteiger partial charge on any atom is -0.394 e. The number of nitrogens with one attached hydrogen (secondary N) is 1. The molecule has 1 atom stereocenters. The maximum Gasteiger partial charge on any atom is 0.200 e. The molecule has 2 aromatic heterocycles. The number of aliphatic hydroxyl groups is 1. The molecule has 0 radical (unpaired) electrons. The molecule has 2 heterocycles. The number of aliphatic hydroxyl groups excluding tert-OH is 1. The third-order valence-corrected chi connectivity index (χ3v) is 3.10. The normalized spacial score (nSPS) is 12.5. The molecule has 0 spiro atoms. The highest BCUT2D eigenvalue weighted by Crippen LogP contribution is 2.20. The van der Waals surface area contributed by atoms with Crippen molar-refractivity contribution in [2.45, 2.75) is 6.04 Å². The second-order valence-electron chi connectivity index (χ2n) is 4.18. The lowest BCUT2D eigenvalue weighted by Crippen LogP contribution is -2.16. The van der Waals surface area contributed by atoms with Crippen LogP contribution in [0.5, 0.6) is 0 Å². The number of aromatic nitrogens is 5. The van der Waals surface area contributed by atoms with Crippen molar-refractivity contribution in [2.24, 2.45) is 0 Å². The number of anilines is 1.